The quantitative estimate of drug-likeness (QED) is 0.164. The summed E-state index contributed by atoms with van der Waals surface area (Å²) in [6, 6.07) is 26.5. The predicted octanol–water partition coefficient (Wildman–Crippen LogP) is 7.43. The van der Waals surface area contributed by atoms with E-state index in [1.165, 1.54) is 12.1 Å². The lowest BCUT2D eigenvalue weighted by atomic mass is 9.83. The van der Waals surface area contributed by atoms with Crippen LogP contribution in [0.3, 0.4) is 0 Å². The van der Waals surface area contributed by atoms with Gasteiger partial charge in [-0.15, -0.1) is 0 Å². The van der Waals surface area contributed by atoms with Crippen LogP contribution >= 0.6 is 34.8 Å². The molecule has 0 aliphatic carbocycles. The van der Waals surface area contributed by atoms with E-state index in [2.05, 4.69) is 6.07 Å². The van der Waals surface area contributed by atoms with Crippen LogP contribution in [0.2, 0.25) is 15.1 Å². The van der Waals surface area contributed by atoms with Gasteiger partial charge in [0.2, 0.25) is 5.88 Å². The second-order valence-corrected chi connectivity index (χ2v) is 10.2. The van der Waals surface area contributed by atoms with Gasteiger partial charge in [-0.05, 0) is 48.0 Å². The highest BCUT2D eigenvalue weighted by atomic mass is 35.5. The first-order valence-corrected chi connectivity index (χ1v) is 13.4. The third-order valence-electron chi connectivity index (χ3n) is 6.21. The molecule has 206 valence electrons. The first kappa shape index (κ1) is 28.2. The van der Waals surface area contributed by atoms with Crippen molar-refractivity contribution in [3.8, 4) is 29.1 Å². The molecule has 1 aliphatic rings. The van der Waals surface area contributed by atoms with E-state index >= 15 is 0 Å². The van der Waals surface area contributed by atoms with Crippen molar-refractivity contribution in [3.05, 3.63) is 128 Å². The molecule has 0 bridgehead atoms. The lowest BCUT2D eigenvalue weighted by molar-refractivity contribution is -0.136. The Morgan fingerprint density at radius 1 is 0.902 bits per heavy atom. The summed E-state index contributed by atoms with van der Waals surface area (Å²) in [6.45, 7) is -0.108. The highest BCUT2D eigenvalue weighted by Gasteiger charge is 2.31. The van der Waals surface area contributed by atoms with Crippen molar-refractivity contribution >= 4 is 40.8 Å². The molecule has 0 saturated carbocycles. The molecule has 1 aliphatic heterocycles. The molecule has 0 radical (unpaired) electrons. The van der Waals surface area contributed by atoms with Crippen molar-refractivity contribution in [2.75, 3.05) is 6.61 Å². The molecule has 7 nitrogen and oxygen atoms in total. The maximum Gasteiger partial charge on any atom is 0.349 e. The number of carbonyl (C=O) groups is 1. The van der Waals surface area contributed by atoms with Gasteiger partial charge in [0.15, 0.2) is 6.61 Å². The number of allylic oxidation sites excluding steroid dienone is 1. The molecule has 4 aromatic rings. The lowest BCUT2D eigenvalue weighted by Crippen LogP contribution is -2.21. The monoisotopic (exact) mass is 606 g/mol. The van der Waals surface area contributed by atoms with Crippen molar-refractivity contribution in [2.24, 2.45) is 5.73 Å². The summed E-state index contributed by atoms with van der Waals surface area (Å²) in [5.41, 5.74) is 8.68. The summed E-state index contributed by atoms with van der Waals surface area (Å²) in [5.74, 6) is 0.212. The van der Waals surface area contributed by atoms with Crippen LogP contribution in [-0.2, 0) is 11.4 Å². The molecule has 1 unspecified atom stereocenters. The molecule has 0 aromatic heterocycles. The summed E-state index contributed by atoms with van der Waals surface area (Å²) in [7, 11) is 0. The minimum Gasteiger partial charge on any atom is -0.489 e. The van der Waals surface area contributed by atoms with Crippen molar-refractivity contribution in [1.29, 1.82) is 5.26 Å². The normalized spacial score (nSPS) is 14.0. The SMILES string of the molecule is N#CC1=C(N)Oc2cc(OC(=O)COc3ccc(Cl)cc3Cl)ccc2C1c1cccc(OCc2ccccc2Cl)c1. The van der Waals surface area contributed by atoms with E-state index in [0.717, 1.165) is 11.1 Å². The van der Waals surface area contributed by atoms with E-state index in [1.54, 1.807) is 30.3 Å². The van der Waals surface area contributed by atoms with E-state index in [1.807, 2.05) is 42.5 Å². The van der Waals surface area contributed by atoms with Gasteiger partial charge in [-0.25, -0.2) is 4.79 Å². The highest BCUT2D eigenvalue weighted by molar-refractivity contribution is 6.35. The molecule has 0 spiro atoms. The second-order valence-electron chi connectivity index (χ2n) is 8.91. The van der Waals surface area contributed by atoms with Crippen LogP contribution in [0.5, 0.6) is 23.0 Å². The number of hydrogen-bond donors (Lipinski definition) is 1. The zero-order valence-electron chi connectivity index (χ0n) is 21.3. The maximum absolute atomic E-state index is 12.4. The number of hydrogen-bond acceptors (Lipinski definition) is 7. The van der Waals surface area contributed by atoms with Crippen molar-refractivity contribution < 1.29 is 23.7 Å². The zero-order chi connectivity index (χ0) is 28.9. The maximum atomic E-state index is 12.4. The number of fused-ring (bicyclic) bond motifs is 1. The minimum absolute atomic E-state index is 0.0448. The molecule has 41 heavy (non-hydrogen) atoms. The fourth-order valence-electron chi connectivity index (χ4n) is 4.29. The molecule has 0 saturated heterocycles. The van der Waals surface area contributed by atoms with Crippen molar-refractivity contribution in [3.63, 3.8) is 0 Å². The summed E-state index contributed by atoms with van der Waals surface area (Å²) in [5, 5.41) is 11.2. The summed E-state index contributed by atoms with van der Waals surface area (Å²) < 4.78 is 22.6. The fourth-order valence-corrected chi connectivity index (χ4v) is 4.95. The molecule has 5 rings (SSSR count). The van der Waals surface area contributed by atoms with E-state index in [9.17, 15) is 10.1 Å². The average molecular weight is 608 g/mol. The standard InChI is InChI=1S/C31H21Cl3N2O5/c32-20-8-11-27(26(34)13-20)39-17-29(37)40-22-9-10-23-28(14-22)41-31(36)24(15-35)30(23)18-5-3-6-21(12-18)38-16-19-4-1-2-7-25(19)33/h1-14,30H,16-17,36H2. The molecule has 0 fully saturated rings. The van der Waals surface area contributed by atoms with Crippen LogP contribution in [0.1, 0.15) is 22.6 Å². The smallest absolute Gasteiger partial charge is 0.349 e. The van der Waals surface area contributed by atoms with E-state index in [0.29, 0.717) is 32.9 Å². The van der Waals surface area contributed by atoms with Gasteiger partial charge in [-0.2, -0.15) is 5.26 Å². The van der Waals surface area contributed by atoms with E-state index < -0.39 is 11.9 Å². The molecule has 2 N–H and O–H groups in total. The molecule has 1 atom stereocenters. The number of halogens is 3. The van der Waals surface area contributed by atoms with Crippen LogP contribution in [0.4, 0.5) is 0 Å². The summed E-state index contributed by atoms with van der Waals surface area (Å²) >= 11 is 18.2. The van der Waals surface area contributed by atoms with Gasteiger partial charge in [-0.1, -0.05) is 71.2 Å². The summed E-state index contributed by atoms with van der Waals surface area (Å²) in [6.07, 6.45) is 0. The molecular weight excluding hydrogens is 587 g/mol. The number of esters is 1. The Morgan fingerprint density at radius 2 is 1.73 bits per heavy atom. The summed E-state index contributed by atoms with van der Waals surface area (Å²) in [4.78, 5) is 12.4. The molecule has 4 aromatic carbocycles. The first-order chi connectivity index (χ1) is 19.8. The van der Waals surface area contributed by atoms with Gasteiger partial charge >= 0.3 is 5.97 Å². The topological polar surface area (TPSA) is 104 Å². The Bertz CT molecular complexity index is 1700. The van der Waals surface area contributed by atoms with Gasteiger partial charge in [0.1, 0.15) is 41.2 Å². The Hall–Kier alpha value is -4.35. The number of nitriles is 1. The third-order valence-corrected chi connectivity index (χ3v) is 7.10. The number of benzene rings is 4. The van der Waals surface area contributed by atoms with Gasteiger partial charge in [0.25, 0.3) is 0 Å². The average Bonchev–Trinajstić information content (AvgIpc) is 2.95. The largest absolute Gasteiger partial charge is 0.489 e. The van der Waals surface area contributed by atoms with Gasteiger partial charge in [-0.3, -0.25) is 0 Å². The number of carbonyl (C=O) groups excluding carboxylic acids is 1. The molecule has 10 heteroatoms. The lowest BCUT2D eigenvalue weighted by Gasteiger charge is -2.27. The minimum atomic E-state index is -0.659. The molecular formula is C31H21Cl3N2O5. The van der Waals surface area contributed by atoms with E-state index in [4.69, 9.17) is 59.5 Å². The molecule has 0 amide bonds. The Morgan fingerprint density at radius 3 is 2.51 bits per heavy atom. The Kier molecular flexibility index (Phi) is 8.55. The zero-order valence-corrected chi connectivity index (χ0v) is 23.5. The second kappa shape index (κ2) is 12.4. The van der Waals surface area contributed by atoms with Gasteiger partial charge in [0, 0.05) is 27.2 Å². The van der Waals surface area contributed by atoms with Gasteiger partial charge in [0.05, 0.1) is 10.9 Å². The predicted molar refractivity (Wildman–Crippen MR) is 156 cm³/mol. The van der Waals surface area contributed by atoms with E-state index in [-0.39, 0.29) is 35.4 Å². The Balaban J connectivity index is 1.34. The Labute approximate surface area is 251 Å². The number of ether oxygens (including phenoxy) is 4. The van der Waals surface area contributed by atoms with Gasteiger partial charge < -0.3 is 24.7 Å². The van der Waals surface area contributed by atoms with Crippen LogP contribution < -0.4 is 24.7 Å². The third kappa shape index (κ3) is 6.53. The number of rotatable bonds is 8. The van der Waals surface area contributed by atoms with Crippen molar-refractivity contribution in [1.82, 2.24) is 0 Å². The van der Waals surface area contributed by atoms with Crippen molar-refractivity contribution in [2.45, 2.75) is 12.5 Å². The number of nitrogens with zero attached hydrogens (tertiary/aromatic N) is 1. The van der Waals surface area contributed by atoms with Crippen LogP contribution in [0, 0.1) is 11.3 Å². The van der Waals surface area contributed by atoms with Crippen LogP contribution in [-0.4, -0.2) is 12.6 Å². The number of nitrogens with two attached hydrogens (primary N) is 1. The molecule has 1 heterocycles. The van der Waals surface area contributed by atoms with Crippen LogP contribution in [0.15, 0.2) is 96.4 Å². The highest BCUT2D eigenvalue weighted by Crippen LogP contribution is 2.44. The van der Waals surface area contributed by atoms with Crippen LogP contribution in [0.25, 0.3) is 0 Å². The fraction of sp³-hybridized carbons (Fsp3) is 0.0968. The first-order valence-electron chi connectivity index (χ1n) is 12.3.